The first kappa shape index (κ1) is 14.3. The topological polar surface area (TPSA) is 30.7 Å². The summed E-state index contributed by atoms with van der Waals surface area (Å²) in [5.41, 5.74) is 3.18. The third kappa shape index (κ3) is 2.92. The number of aryl methyl sites for hydroxylation is 2. The number of imidazole rings is 1. The lowest BCUT2D eigenvalue weighted by Gasteiger charge is -2.18. The molecule has 0 aliphatic heterocycles. The highest BCUT2D eigenvalue weighted by Crippen LogP contribution is 2.26. The molecule has 0 aliphatic carbocycles. The first-order valence-corrected chi connectivity index (χ1v) is 7.46. The van der Waals surface area contributed by atoms with Gasteiger partial charge in [0.25, 0.3) is 0 Å². The predicted molar refractivity (Wildman–Crippen MR) is 80.9 cm³/mol. The number of halogens is 1. The highest BCUT2D eigenvalue weighted by Gasteiger charge is 2.18. The van der Waals surface area contributed by atoms with E-state index in [-0.39, 0.29) is 0 Å². The van der Waals surface area contributed by atoms with E-state index < -0.39 is 0 Å². The molecular formula is C15H22ClN3. The second kappa shape index (κ2) is 5.91. The fourth-order valence-electron chi connectivity index (χ4n) is 2.67. The molecule has 2 aromatic rings. The lowest BCUT2D eigenvalue weighted by Crippen LogP contribution is -2.12. The van der Waals surface area contributed by atoms with E-state index in [1.807, 2.05) is 12.3 Å². The number of pyridine rings is 1. The maximum absolute atomic E-state index is 5.91. The standard InChI is InChI=1S/C15H22ClN3/c1-10(2)9-12(4)19-13(5-7-16)18-14-11(3)6-8-17-15(14)19/h6,8,10,12H,5,7,9H2,1-4H3. The Morgan fingerprint density at radius 3 is 2.68 bits per heavy atom. The van der Waals surface area contributed by atoms with Gasteiger partial charge in [-0.3, -0.25) is 0 Å². The van der Waals surface area contributed by atoms with Crippen LogP contribution in [0, 0.1) is 12.8 Å². The first-order valence-electron chi connectivity index (χ1n) is 6.93. The summed E-state index contributed by atoms with van der Waals surface area (Å²) in [6.45, 7) is 8.81. The van der Waals surface area contributed by atoms with E-state index in [0.29, 0.717) is 17.8 Å². The van der Waals surface area contributed by atoms with E-state index in [0.717, 1.165) is 29.8 Å². The zero-order chi connectivity index (χ0) is 14.0. The van der Waals surface area contributed by atoms with Crippen molar-refractivity contribution in [2.45, 2.75) is 46.6 Å². The average molecular weight is 280 g/mol. The Kier molecular flexibility index (Phi) is 4.46. The molecule has 4 heteroatoms. The smallest absolute Gasteiger partial charge is 0.160 e. The third-order valence-corrected chi connectivity index (χ3v) is 3.61. The molecule has 0 spiro atoms. The zero-order valence-electron chi connectivity index (χ0n) is 12.2. The predicted octanol–water partition coefficient (Wildman–Crippen LogP) is 4.13. The van der Waals surface area contributed by atoms with Gasteiger partial charge in [0.2, 0.25) is 0 Å². The number of fused-ring (bicyclic) bond motifs is 1. The van der Waals surface area contributed by atoms with Crippen molar-refractivity contribution in [1.82, 2.24) is 14.5 Å². The van der Waals surface area contributed by atoms with Gasteiger partial charge >= 0.3 is 0 Å². The van der Waals surface area contributed by atoms with Crippen LogP contribution in [0.3, 0.4) is 0 Å². The van der Waals surface area contributed by atoms with E-state index in [1.54, 1.807) is 0 Å². The van der Waals surface area contributed by atoms with Gasteiger partial charge in [-0.1, -0.05) is 13.8 Å². The van der Waals surface area contributed by atoms with Gasteiger partial charge in [0.05, 0.1) is 0 Å². The normalized spacial score (nSPS) is 13.4. The Morgan fingerprint density at radius 2 is 2.05 bits per heavy atom. The molecule has 0 amide bonds. The van der Waals surface area contributed by atoms with Crippen molar-refractivity contribution in [2.24, 2.45) is 5.92 Å². The molecule has 1 unspecified atom stereocenters. The molecule has 0 aromatic carbocycles. The van der Waals surface area contributed by atoms with Gasteiger partial charge in [-0.2, -0.15) is 0 Å². The van der Waals surface area contributed by atoms with E-state index in [4.69, 9.17) is 16.6 Å². The van der Waals surface area contributed by atoms with Gasteiger partial charge in [-0.05, 0) is 37.8 Å². The van der Waals surface area contributed by atoms with Crippen molar-refractivity contribution in [2.75, 3.05) is 5.88 Å². The second-order valence-electron chi connectivity index (χ2n) is 5.62. The second-order valence-corrected chi connectivity index (χ2v) is 5.99. The molecule has 0 fully saturated rings. The minimum Gasteiger partial charge on any atom is -0.310 e. The summed E-state index contributed by atoms with van der Waals surface area (Å²) >= 11 is 5.91. The van der Waals surface area contributed by atoms with Crippen molar-refractivity contribution in [3.8, 4) is 0 Å². The Morgan fingerprint density at radius 1 is 1.32 bits per heavy atom. The first-order chi connectivity index (χ1) is 9.04. The number of hydrogen-bond acceptors (Lipinski definition) is 2. The van der Waals surface area contributed by atoms with E-state index in [2.05, 4.69) is 37.2 Å². The Labute approximate surface area is 120 Å². The Bertz CT molecular complexity index is 560. The maximum atomic E-state index is 5.91. The van der Waals surface area contributed by atoms with Crippen LogP contribution in [0.4, 0.5) is 0 Å². The summed E-state index contributed by atoms with van der Waals surface area (Å²) in [6.07, 6.45) is 3.78. The van der Waals surface area contributed by atoms with Crippen LogP contribution >= 0.6 is 11.6 Å². The number of hydrogen-bond donors (Lipinski definition) is 0. The highest BCUT2D eigenvalue weighted by molar-refractivity contribution is 6.17. The lowest BCUT2D eigenvalue weighted by atomic mass is 10.0. The van der Waals surface area contributed by atoms with Gasteiger partial charge < -0.3 is 4.57 Å². The average Bonchev–Trinajstić information content (AvgIpc) is 2.68. The lowest BCUT2D eigenvalue weighted by molar-refractivity contribution is 0.425. The van der Waals surface area contributed by atoms with Crippen molar-refractivity contribution >= 4 is 22.8 Å². The van der Waals surface area contributed by atoms with Gasteiger partial charge in [0.1, 0.15) is 11.3 Å². The summed E-state index contributed by atoms with van der Waals surface area (Å²) in [5, 5.41) is 0. The molecule has 0 radical (unpaired) electrons. The molecule has 19 heavy (non-hydrogen) atoms. The molecule has 2 heterocycles. The van der Waals surface area contributed by atoms with Crippen LogP contribution < -0.4 is 0 Å². The van der Waals surface area contributed by atoms with Crippen molar-refractivity contribution in [3.63, 3.8) is 0 Å². The molecule has 3 nitrogen and oxygen atoms in total. The summed E-state index contributed by atoms with van der Waals surface area (Å²) in [6, 6.07) is 2.41. The summed E-state index contributed by atoms with van der Waals surface area (Å²) < 4.78 is 2.27. The third-order valence-electron chi connectivity index (χ3n) is 3.43. The van der Waals surface area contributed by atoms with Crippen LogP contribution in [0.25, 0.3) is 11.2 Å². The van der Waals surface area contributed by atoms with Crippen LogP contribution in [0.1, 0.15) is 44.6 Å². The molecule has 2 aromatic heterocycles. The molecule has 0 N–H and O–H groups in total. The maximum Gasteiger partial charge on any atom is 0.160 e. The molecule has 0 saturated heterocycles. The molecule has 104 valence electrons. The van der Waals surface area contributed by atoms with Crippen LogP contribution in [0.2, 0.25) is 0 Å². The van der Waals surface area contributed by atoms with Gasteiger partial charge in [0, 0.05) is 24.5 Å². The Hall–Kier alpha value is -1.09. The zero-order valence-corrected chi connectivity index (χ0v) is 12.9. The number of nitrogens with zero attached hydrogens (tertiary/aromatic N) is 3. The van der Waals surface area contributed by atoms with Crippen LogP contribution in [0.15, 0.2) is 12.3 Å². The molecule has 0 saturated carbocycles. The van der Waals surface area contributed by atoms with Crippen LogP contribution in [0.5, 0.6) is 0 Å². The summed E-state index contributed by atoms with van der Waals surface area (Å²) in [7, 11) is 0. The Balaban J connectivity index is 2.55. The van der Waals surface area contributed by atoms with E-state index >= 15 is 0 Å². The molecule has 0 bridgehead atoms. The highest BCUT2D eigenvalue weighted by atomic mass is 35.5. The number of rotatable bonds is 5. The molecule has 2 rings (SSSR count). The fraction of sp³-hybridized carbons (Fsp3) is 0.600. The summed E-state index contributed by atoms with van der Waals surface area (Å²) in [5.74, 6) is 2.30. The monoisotopic (exact) mass is 279 g/mol. The van der Waals surface area contributed by atoms with Gasteiger partial charge in [-0.15, -0.1) is 11.6 Å². The molecule has 1 atom stereocenters. The minimum atomic E-state index is 0.400. The van der Waals surface area contributed by atoms with E-state index in [1.165, 1.54) is 5.56 Å². The number of aromatic nitrogens is 3. The van der Waals surface area contributed by atoms with Crippen molar-refractivity contribution < 1.29 is 0 Å². The van der Waals surface area contributed by atoms with Crippen LogP contribution in [-0.4, -0.2) is 20.4 Å². The largest absolute Gasteiger partial charge is 0.310 e. The van der Waals surface area contributed by atoms with Crippen LogP contribution in [-0.2, 0) is 6.42 Å². The molecular weight excluding hydrogens is 258 g/mol. The minimum absolute atomic E-state index is 0.400. The summed E-state index contributed by atoms with van der Waals surface area (Å²) in [4.78, 5) is 9.28. The van der Waals surface area contributed by atoms with Gasteiger partial charge in [-0.25, -0.2) is 9.97 Å². The van der Waals surface area contributed by atoms with E-state index in [9.17, 15) is 0 Å². The number of alkyl halides is 1. The van der Waals surface area contributed by atoms with Crippen molar-refractivity contribution in [3.05, 3.63) is 23.7 Å². The van der Waals surface area contributed by atoms with Crippen molar-refractivity contribution in [1.29, 1.82) is 0 Å². The SMILES string of the molecule is Cc1ccnc2c1nc(CCCl)n2C(C)CC(C)C. The molecule has 0 aliphatic rings. The quantitative estimate of drug-likeness (QED) is 0.771. The fourth-order valence-corrected chi connectivity index (χ4v) is 2.84. The van der Waals surface area contributed by atoms with Gasteiger partial charge in [0.15, 0.2) is 5.65 Å².